The van der Waals surface area contributed by atoms with Gasteiger partial charge in [0.2, 0.25) is 10.0 Å². The number of hydrogen-bond acceptors (Lipinski definition) is 5. The van der Waals surface area contributed by atoms with Crippen LogP contribution in [0.1, 0.15) is 22.1 Å². The highest BCUT2D eigenvalue weighted by molar-refractivity contribution is 7.99. The van der Waals surface area contributed by atoms with Crippen LogP contribution in [0.4, 0.5) is 5.69 Å². The average molecular weight is 485 g/mol. The van der Waals surface area contributed by atoms with E-state index in [9.17, 15) is 18.0 Å². The summed E-state index contributed by atoms with van der Waals surface area (Å²) in [6.45, 7) is 0.880. The van der Waals surface area contributed by atoms with Crippen LogP contribution in [-0.4, -0.2) is 54.1 Å². The lowest BCUT2D eigenvalue weighted by Gasteiger charge is -2.24. The van der Waals surface area contributed by atoms with Crippen molar-refractivity contribution in [1.29, 1.82) is 0 Å². The molecule has 1 atom stereocenters. The van der Waals surface area contributed by atoms with Gasteiger partial charge in [0.15, 0.2) is 0 Å². The molecule has 0 spiro atoms. The Hall–Kier alpha value is -3.08. The molecule has 1 aliphatic heterocycles. The molecule has 0 aliphatic carbocycles. The van der Waals surface area contributed by atoms with Crippen LogP contribution in [-0.2, 0) is 14.8 Å². The van der Waals surface area contributed by atoms with E-state index in [1.165, 1.54) is 16.6 Å². The molecule has 1 aromatic heterocycles. The zero-order valence-corrected chi connectivity index (χ0v) is 19.4. The van der Waals surface area contributed by atoms with Gasteiger partial charge in [-0.2, -0.15) is 16.1 Å². The molecular weight excluding hydrogens is 460 g/mol. The monoisotopic (exact) mass is 484 g/mol. The van der Waals surface area contributed by atoms with Crippen LogP contribution in [0.2, 0.25) is 0 Å². The summed E-state index contributed by atoms with van der Waals surface area (Å²) in [4.78, 5) is 28.8. The van der Waals surface area contributed by atoms with E-state index in [1.54, 1.807) is 60.3 Å². The lowest BCUT2D eigenvalue weighted by molar-refractivity contribution is -0.118. The summed E-state index contributed by atoms with van der Waals surface area (Å²) >= 11 is 1.71. The fourth-order valence-corrected chi connectivity index (χ4v) is 6.05. The highest BCUT2D eigenvalue weighted by Gasteiger charge is 2.29. The Kier molecular flexibility index (Phi) is 7.17. The Morgan fingerprint density at radius 2 is 1.61 bits per heavy atom. The van der Waals surface area contributed by atoms with Crippen LogP contribution in [0.5, 0.6) is 0 Å². The molecule has 1 saturated heterocycles. The number of amides is 2. The van der Waals surface area contributed by atoms with Gasteiger partial charge in [-0.3, -0.25) is 9.59 Å². The van der Waals surface area contributed by atoms with Crippen molar-refractivity contribution >= 4 is 39.3 Å². The minimum Gasteiger partial charge on any atom is -0.356 e. The molecule has 2 heterocycles. The van der Waals surface area contributed by atoms with Crippen molar-refractivity contribution in [3.8, 4) is 0 Å². The molecule has 33 heavy (non-hydrogen) atoms. The van der Waals surface area contributed by atoms with Gasteiger partial charge in [-0.1, -0.05) is 48.5 Å². The Morgan fingerprint density at radius 3 is 2.27 bits per heavy atom. The lowest BCUT2D eigenvalue weighted by atomic mass is 10.1. The number of hydrogen-bond donors (Lipinski definition) is 3. The number of carbonyl (C=O) groups excluding carboxylic acids is 2. The maximum Gasteiger partial charge on any atom is 0.268 e. The van der Waals surface area contributed by atoms with E-state index in [1.807, 2.05) is 12.1 Å². The number of anilines is 1. The van der Waals surface area contributed by atoms with Crippen LogP contribution >= 0.6 is 11.8 Å². The van der Waals surface area contributed by atoms with Crippen LogP contribution in [0.3, 0.4) is 0 Å². The molecule has 3 aromatic rings. The summed E-state index contributed by atoms with van der Waals surface area (Å²) in [6, 6.07) is 18.1. The molecule has 172 valence electrons. The van der Waals surface area contributed by atoms with Crippen molar-refractivity contribution in [3.63, 3.8) is 0 Å². The van der Waals surface area contributed by atoms with Crippen molar-refractivity contribution < 1.29 is 18.0 Å². The van der Waals surface area contributed by atoms with E-state index >= 15 is 0 Å². The number of thioether (sulfide) groups is 1. The van der Waals surface area contributed by atoms with Crippen LogP contribution in [0, 0.1) is 0 Å². The fraction of sp³-hybridized carbons (Fsp3) is 0.217. The second-order valence-electron chi connectivity index (χ2n) is 7.44. The molecule has 2 aromatic carbocycles. The first-order chi connectivity index (χ1) is 15.9. The molecule has 0 radical (unpaired) electrons. The molecule has 1 aliphatic rings. The van der Waals surface area contributed by atoms with Gasteiger partial charge in [0.1, 0.15) is 16.6 Å². The van der Waals surface area contributed by atoms with Gasteiger partial charge < -0.3 is 15.6 Å². The van der Waals surface area contributed by atoms with Crippen molar-refractivity contribution in [1.82, 2.24) is 14.6 Å². The summed E-state index contributed by atoms with van der Waals surface area (Å²) in [5.74, 6) is 0.493. The number of nitrogens with one attached hydrogen (secondary N) is 3. The van der Waals surface area contributed by atoms with Crippen molar-refractivity contribution in [2.45, 2.75) is 10.9 Å². The number of rotatable bonds is 7. The SMILES string of the molecule is O=C(NC(C(=O)Nc1ccccc1)c1ccccc1)c1cc(S(=O)(=O)N2CCSCC2)c[nH]1. The Balaban J connectivity index is 1.53. The zero-order chi connectivity index (χ0) is 23.3. The molecule has 8 nitrogen and oxygen atoms in total. The molecule has 1 fully saturated rings. The third-order valence-corrected chi connectivity index (χ3v) is 8.04. The predicted octanol–water partition coefficient (Wildman–Crippen LogP) is 2.86. The van der Waals surface area contributed by atoms with Gasteiger partial charge in [0.05, 0.1) is 0 Å². The van der Waals surface area contributed by atoms with Crippen molar-refractivity contribution in [2.75, 3.05) is 29.9 Å². The number of nitrogens with zero attached hydrogens (tertiary/aromatic N) is 1. The largest absolute Gasteiger partial charge is 0.356 e. The summed E-state index contributed by atoms with van der Waals surface area (Å²) in [7, 11) is -3.68. The number of aromatic amines is 1. The first kappa shape index (κ1) is 23.1. The van der Waals surface area contributed by atoms with E-state index < -0.39 is 27.9 Å². The van der Waals surface area contributed by atoms with Gasteiger partial charge >= 0.3 is 0 Å². The molecule has 10 heteroatoms. The highest BCUT2D eigenvalue weighted by atomic mass is 32.2. The van der Waals surface area contributed by atoms with E-state index in [-0.39, 0.29) is 10.6 Å². The van der Waals surface area contributed by atoms with E-state index in [2.05, 4.69) is 15.6 Å². The van der Waals surface area contributed by atoms with E-state index in [0.717, 1.165) is 11.5 Å². The van der Waals surface area contributed by atoms with Crippen LogP contribution < -0.4 is 10.6 Å². The first-order valence-electron chi connectivity index (χ1n) is 10.4. The zero-order valence-electron chi connectivity index (χ0n) is 17.7. The van der Waals surface area contributed by atoms with Crippen LogP contribution in [0.25, 0.3) is 0 Å². The third kappa shape index (κ3) is 5.47. The Morgan fingerprint density at radius 1 is 0.970 bits per heavy atom. The van der Waals surface area contributed by atoms with E-state index in [0.29, 0.717) is 24.3 Å². The number of benzene rings is 2. The predicted molar refractivity (Wildman–Crippen MR) is 129 cm³/mol. The summed E-state index contributed by atoms with van der Waals surface area (Å²) < 4.78 is 27.2. The molecule has 1 unspecified atom stereocenters. The smallest absolute Gasteiger partial charge is 0.268 e. The summed E-state index contributed by atoms with van der Waals surface area (Å²) in [5, 5.41) is 5.52. The molecule has 2 amide bonds. The number of carbonyl (C=O) groups is 2. The number of para-hydroxylation sites is 1. The van der Waals surface area contributed by atoms with Gasteiger partial charge in [-0.25, -0.2) is 8.42 Å². The first-order valence-corrected chi connectivity index (χ1v) is 13.0. The normalized spacial score (nSPS) is 15.5. The maximum atomic E-state index is 13.0. The minimum absolute atomic E-state index is 0.0320. The molecule has 0 bridgehead atoms. The van der Waals surface area contributed by atoms with E-state index in [4.69, 9.17) is 0 Å². The van der Waals surface area contributed by atoms with Crippen LogP contribution in [0.15, 0.2) is 77.8 Å². The average Bonchev–Trinajstić information content (AvgIpc) is 3.36. The minimum atomic E-state index is -3.68. The Labute approximate surface area is 196 Å². The summed E-state index contributed by atoms with van der Waals surface area (Å²) in [5.41, 5.74) is 1.27. The fourth-order valence-electron chi connectivity index (χ4n) is 3.48. The molecular formula is C23H24N4O4S2. The second kappa shape index (κ2) is 10.2. The highest BCUT2D eigenvalue weighted by Crippen LogP contribution is 2.22. The summed E-state index contributed by atoms with van der Waals surface area (Å²) in [6.07, 6.45) is 1.31. The quantitative estimate of drug-likeness (QED) is 0.478. The standard InChI is InChI=1S/C23H24N4O4S2/c28-22(20-15-19(16-24-20)33(30,31)27-11-13-32-14-12-27)26-21(17-7-3-1-4-8-17)23(29)25-18-9-5-2-6-10-18/h1-10,15-16,21,24H,11-14H2,(H,25,29)(H,26,28). The Bertz CT molecular complexity index is 1210. The third-order valence-electron chi connectivity index (χ3n) is 5.22. The number of H-pyrrole nitrogens is 1. The second-order valence-corrected chi connectivity index (χ2v) is 10.6. The molecule has 0 saturated carbocycles. The van der Waals surface area contributed by atoms with Gasteiger partial charge in [0.25, 0.3) is 11.8 Å². The number of sulfonamides is 1. The molecule has 4 rings (SSSR count). The van der Waals surface area contributed by atoms with Crippen molar-refractivity contribution in [3.05, 3.63) is 84.2 Å². The number of aromatic nitrogens is 1. The molecule has 3 N–H and O–H groups in total. The van der Waals surface area contributed by atoms with Gasteiger partial charge in [-0.15, -0.1) is 0 Å². The van der Waals surface area contributed by atoms with Crippen molar-refractivity contribution in [2.24, 2.45) is 0 Å². The van der Waals surface area contributed by atoms with Gasteiger partial charge in [-0.05, 0) is 23.8 Å². The lowest BCUT2D eigenvalue weighted by Crippen LogP contribution is -2.38. The van der Waals surface area contributed by atoms with Gasteiger partial charge in [0, 0.05) is 36.5 Å². The topological polar surface area (TPSA) is 111 Å². The maximum absolute atomic E-state index is 13.0.